The Balaban J connectivity index is 0.00000272. The number of benzene rings is 4. The van der Waals surface area contributed by atoms with Crippen molar-refractivity contribution in [1.82, 2.24) is 0 Å². The molecule has 0 radical (unpaired) electrons. The van der Waals surface area contributed by atoms with Gasteiger partial charge in [-0.05, 0) is 54.6 Å². The lowest BCUT2D eigenvalue weighted by Crippen LogP contribution is -3.00. The molecule has 0 aromatic heterocycles. The Labute approximate surface area is 197 Å². The zero-order valence-electron chi connectivity index (χ0n) is 16.7. The van der Waals surface area contributed by atoms with Gasteiger partial charge in [0.05, 0.1) is 5.56 Å². The SMILES string of the molecule is O=C(C[P+](c1ccccc1)(c1ccccc1)c1ccccc1)c1cc(Br)ccc1O.[Cl-]. The molecule has 156 valence electrons. The Morgan fingerprint density at radius 3 is 1.55 bits per heavy atom. The number of carbonyl (C=O) groups is 1. The lowest BCUT2D eigenvalue weighted by molar-refractivity contribution is -0.0000148. The van der Waals surface area contributed by atoms with E-state index in [-0.39, 0.29) is 23.9 Å². The normalized spacial score (nSPS) is 10.9. The Morgan fingerprint density at radius 2 is 1.13 bits per heavy atom. The number of aromatic hydroxyl groups is 1. The van der Waals surface area contributed by atoms with Gasteiger partial charge in [-0.15, -0.1) is 0 Å². The van der Waals surface area contributed by atoms with Gasteiger partial charge in [0.25, 0.3) is 0 Å². The maximum atomic E-state index is 13.6. The average molecular weight is 512 g/mol. The number of hydrogen-bond acceptors (Lipinski definition) is 2. The highest BCUT2D eigenvalue weighted by atomic mass is 79.9. The molecule has 0 fully saturated rings. The number of carbonyl (C=O) groups excluding carboxylic acids is 1. The lowest BCUT2D eigenvalue weighted by atomic mass is 10.1. The van der Waals surface area contributed by atoms with E-state index in [1.807, 2.05) is 54.6 Å². The molecule has 0 atom stereocenters. The van der Waals surface area contributed by atoms with Crippen LogP contribution in [-0.4, -0.2) is 17.1 Å². The summed E-state index contributed by atoms with van der Waals surface area (Å²) in [5.74, 6) is -0.0609. The van der Waals surface area contributed by atoms with E-state index >= 15 is 0 Å². The molecule has 0 bridgehead atoms. The van der Waals surface area contributed by atoms with Gasteiger partial charge >= 0.3 is 0 Å². The molecule has 5 heteroatoms. The zero-order valence-corrected chi connectivity index (χ0v) is 19.9. The molecule has 1 N–H and O–H groups in total. The smallest absolute Gasteiger partial charge is 0.204 e. The number of ketones is 1. The zero-order chi connectivity index (χ0) is 21.0. The van der Waals surface area contributed by atoms with Crippen molar-refractivity contribution in [2.75, 3.05) is 6.16 Å². The summed E-state index contributed by atoms with van der Waals surface area (Å²) in [7, 11) is -2.29. The van der Waals surface area contributed by atoms with Crippen molar-refractivity contribution >= 4 is 44.9 Å². The van der Waals surface area contributed by atoms with Gasteiger partial charge in [0.1, 0.15) is 35.1 Å². The molecule has 2 nitrogen and oxygen atoms in total. The second-order valence-electron chi connectivity index (χ2n) is 7.06. The predicted octanol–water partition coefficient (Wildman–Crippen LogP) is 2.34. The molecule has 4 aromatic rings. The van der Waals surface area contributed by atoms with Crippen LogP contribution in [0.15, 0.2) is 114 Å². The van der Waals surface area contributed by atoms with Crippen LogP contribution < -0.4 is 28.3 Å². The van der Waals surface area contributed by atoms with E-state index in [4.69, 9.17) is 0 Å². The van der Waals surface area contributed by atoms with Crippen LogP contribution in [0.2, 0.25) is 0 Å². The van der Waals surface area contributed by atoms with Crippen LogP contribution in [0.1, 0.15) is 10.4 Å². The minimum absolute atomic E-state index is 0. The predicted molar refractivity (Wildman–Crippen MR) is 130 cm³/mol. The third kappa shape index (κ3) is 4.75. The molecule has 0 heterocycles. The van der Waals surface area contributed by atoms with E-state index in [2.05, 4.69) is 52.3 Å². The Hall–Kier alpha value is -2.45. The number of rotatable bonds is 6. The third-order valence-electron chi connectivity index (χ3n) is 5.23. The highest BCUT2D eigenvalue weighted by Gasteiger charge is 2.47. The Kier molecular flexibility index (Phi) is 7.67. The molecule has 0 saturated heterocycles. The maximum absolute atomic E-state index is 13.6. The molecule has 0 amide bonds. The number of hydrogen-bond donors (Lipinski definition) is 1. The van der Waals surface area contributed by atoms with Gasteiger partial charge in [-0.25, -0.2) is 0 Å². The summed E-state index contributed by atoms with van der Waals surface area (Å²) in [5, 5.41) is 13.8. The summed E-state index contributed by atoms with van der Waals surface area (Å²) < 4.78 is 0.770. The third-order valence-corrected chi connectivity index (χ3v) is 10.0. The molecule has 0 aliphatic rings. The van der Waals surface area contributed by atoms with E-state index in [0.717, 1.165) is 20.4 Å². The summed E-state index contributed by atoms with van der Waals surface area (Å²) >= 11 is 3.42. The van der Waals surface area contributed by atoms with Gasteiger partial charge in [0.15, 0.2) is 0 Å². The van der Waals surface area contributed by atoms with Gasteiger partial charge in [-0.3, -0.25) is 4.79 Å². The van der Waals surface area contributed by atoms with Gasteiger partial charge in [-0.1, -0.05) is 70.5 Å². The molecular weight excluding hydrogens is 491 g/mol. The van der Waals surface area contributed by atoms with Gasteiger partial charge in [-0.2, -0.15) is 0 Å². The summed E-state index contributed by atoms with van der Waals surface area (Å²) in [6, 6.07) is 35.8. The van der Waals surface area contributed by atoms with Crippen molar-refractivity contribution in [3.05, 3.63) is 119 Å². The Bertz CT molecular complexity index is 1060. The molecule has 0 aliphatic heterocycles. The second kappa shape index (κ2) is 10.2. The first kappa shape index (κ1) is 23.2. The molecule has 0 unspecified atom stereocenters. The molecule has 0 saturated carbocycles. The summed E-state index contributed by atoms with van der Waals surface area (Å²) in [4.78, 5) is 13.6. The molecule has 0 spiro atoms. The average Bonchev–Trinajstić information content (AvgIpc) is 2.80. The lowest BCUT2D eigenvalue weighted by Gasteiger charge is -2.27. The molecular formula is C26H21BrClO2P. The highest BCUT2D eigenvalue weighted by molar-refractivity contribution is 9.10. The van der Waals surface area contributed by atoms with E-state index in [1.54, 1.807) is 18.2 Å². The number of Topliss-reactive ketones (excluding diaryl/α,β-unsaturated/α-hetero) is 1. The molecule has 31 heavy (non-hydrogen) atoms. The summed E-state index contributed by atoms with van der Waals surface area (Å²) in [6.45, 7) is 0. The van der Waals surface area contributed by atoms with Gasteiger partial charge < -0.3 is 17.5 Å². The minimum atomic E-state index is -2.29. The number of halogens is 2. The molecule has 0 aliphatic carbocycles. The van der Waals surface area contributed by atoms with E-state index in [9.17, 15) is 9.90 Å². The van der Waals surface area contributed by atoms with Crippen LogP contribution in [-0.2, 0) is 0 Å². The van der Waals surface area contributed by atoms with Crippen molar-refractivity contribution in [3.63, 3.8) is 0 Å². The van der Waals surface area contributed by atoms with Crippen molar-refractivity contribution in [2.45, 2.75) is 0 Å². The first-order chi connectivity index (χ1) is 14.6. The monoisotopic (exact) mass is 510 g/mol. The van der Waals surface area contributed by atoms with E-state index in [1.165, 1.54) is 0 Å². The number of phenols is 1. The summed E-state index contributed by atoms with van der Waals surface area (Å²) in [5.41, 5.74) is 0.344. The van der Waals surface area contributed by atoms with Crippen molar-refractivity contribution in [2.24, 2.45) is 0 Å². The fraction of sp³-hybridized carbons (Fsp3) is 0.0385. The first-order valence-electron chi connectivity index (χ1n) is 9.68. The second-order valence-corrected chi connectivity index (χ2v) is 11.5. The standard InChI is InChI=1S/C26H20BrO2P.ClH/c27-20-16-17-25(28)24(18-20)26(29)19-30(21-10-4-1-5-11-21,22-12-6-2-7-13-22)23-14-8-3-9-15-23;/h1-18H,19H2;1H. The van der Waals surface area contributed by atoms with Crippen molar-refractivity contribution < 1.29 is 22.3 Å². The van der Waals surface area contributed by atoms with Crippen LogP contribution in [0.25, 0.3) is 0 Å². The highest BCUT2D eigenvalue weighted by Crippen LogP contribution is 2.55. The van der Waals surface area contributed by atoms with Crippen molar-refractivity contribution in [1.29, 1.82) is 0 Å². The maximum Gasteiger partial charge on any atom is 0.204 e. The van der Waals surface area contributed by atoms with Crippen LogP contribution >= 0.6 is 23.2 Å². The van der Waals surface area contributed by atoms with E-state index in [0.29, 0.717) is 11.7 Å². The van der Waals surface area contributed by atoms with Crippen LogP contribution in [0.3, 0.4) is 0 Å². The first-order valence-corrected chi connectivity index (χ1v) is 12.4. The van der Waals surface area contributed by atoms with Crippen molar-refractivity contribution in [3.8, 4) is 5.75 Å². The Morgan fingerprint density at radius 1 is 0.710 bits per heavy atom. The quantitative estimate of drug-likeness (QED) is 0.319. The number of phenolic OH excluding ortho intramolecular Hbond substituents is 1. The van der Waals surface area contributed by atoms with Gasteiger partial charge in [0, 0.05) is 4.47 Å². The van der Waals surface area contributed by atoms with Crippen LogP contribution in [0.4, 0.5) is 0 Å². The summed E-state index contributed by atoms with van der Waals surface area (Å²) in [6.07, 6.45) is 0.301. The minimum Gasteiger partial charge on any atom is -1.00 e. The topological polar surface area (TPSA) is 37.3 Å². The van der Waals surface area contributed by atoms with Crippen LogP contribution in [0.5, 0.6) is 5.75 Å². The fourth-order valence-electron chi connectivity index (χ4n) is 3.80. The molecule has 4 rings (SSSR count). The van der Waals surface area contributed by atoms with Gasteiger partial charge in [0.2, 0.25) is 5.78 Å². The largest absolute Gasteiger partial charge is 1.00 e. The van der Waals surface area contributed by atoms with Crippen LogP contribution in [0, 0.1) is 0 Å². The molecule has 4 aromatic carbocycles. The van der Waals surface area contributed by atoms with E-state index < -0.39 is 7.26 Å². The fourth-order valence-corrected chi connectivity index (χ4v) is 8.25.